The van der Waals surface area contributed by atoms with E-state index in [1.807, 2.05) is 13.8 Å². The smallest absolute Gasteiger partial charge is 0.211 e. The summed E-state index contributed by atoms with van der Waals surface area (Å²) in [7, 11) is 0. The number of likely N-dealkylation sites (tertiary alicyclic amines) is 1. The second-order valence-corrected chi connectivity index (χ2v) is 4.81. The normalized spacial score (nSPS) is 23.9. The molecular formula is C12H21N3O. The van der Waals surface area contributed by atoms with Crippen molar-refractivity contribution in [3.8, 4) is 0 Å². The van der Waals surface area contributed by atoms with Crippen molar-refractivity contribution in [1.82, 2.24) is 9.88 Å². The van der Waals surface area contributed by atoms with Crippen molar-refractivity contribution in [3.63, 3.8) is 0 Å². The molecule has 0 amide bonds. The van der Waals surface area contributed by atoms with Crippen LogP contribution in [0.3, 0.4) is 0 Å². The summed E-state index contributed by atoms with van der Waals surface area (Å²) in [5.41, 5.74) is 6.80. The van der Waals surface area contributed by atoms with Crippen molar-refractivity contribution in [2.24, 2.45) is 5.73 Å². The molecule has 2 unspecified atom stereocenters. The fraction of sp³-hybridized carbons (Fsp3) is 0.750. The Morgan fingerprint density at radius 3 is 2.88 bits per heavy atom. The van der Waals surface area contributed by atoms with E-state index in [0.29, 0.717) is 11.9 Å². The predicted octanol–water partition coefficient (Wildman–Crippen LogP) is 1.99. The molecule has 0 aliphatic carbocycles. The monoisotopic (exact) mass is 223 g/mol. The predicted molar refractivity (Wildman–Crippen MR) is 62.9 cm³/mol. The molecule has 4 heteroatoms. The molecule has 2 rings (SSSR count). The van der Waals surface area contributed by atoms with Crippen LogP contribution in [0.25, 0.3) is 0 Å². The van der Waals surface area contributed by atoms with E-state index in [2.05, 4.69) is 16.8 Å². The number of aromatic nitrogens is 1. The average Bonchev–Trinajstić information content (AvgIpc) is 2.76. The zero-order valence-electron chi connectivity index (χ0n) is 10.4. The van der Waals surface area contributed by atoms with Crippen LogP contribution in [0.15, 0.2) is 4.42 Å². The van der Waals surface area contributed by atoms with Crippen molar-refractivity contribution < 1.29 is 4.42 Å². The van der Waals surface area contributed by atoms with Crippen LogP contribution in [0.5, 0.6) is 0 Å². The maximum Gasteiger partial charge on any atom is 0.211 e. The third kappa shape index (κ3) is 2.28. The highest BCUT2D eigenvalue weighted by Crippen LogP contribution is 2.22. The summed E-state index contributed by atoms with van der Waals surface area (Å²) in [6.07, 6.45) is 2.58. The average molecular weight is 223 g/mol. The Balaban J connectivity index is 2.09. The largest absolute Gasteiger partial charge is 0.444 e. The zero-order valence-corrected chi connectivity index (χ0v) is 10.4. The highest BCUT2D eigenvalue weighted by molar-refractivity contribution is 5.10. The molecule has 2 heterocycles. The topological polar surface area (TPSA) is 55.3 Å². The summed E-state index contributed by atoms with van der Waals surface area (Å²) in [6.45, 7) is 8.20. The number of rotatable bonds is 3. The van der Waals surface area contributed by atoms with Crippen LogP contribution in [0.2, 0.25) is 0 Å². The van der Waals surface area contributed by atoms with Crippen LogP contribution in [0, 0.1) is 6.92 Å². The molecule has 1 aliphatic rings. The van der Waals surface area contributed by atoms with Crippen LogP contribution in [0.1, 0.15) is 50.1 Å². The molecule has 1 aliphatic heterocycles. The zero-order chi connectivity index (χ0) is 11.7. The van der Waals surface area contributed by atoms with Crippen LogP contribution in [0.4, 0.5) is 0 Å². The highest BCUT2D eigenvalue weighted by Gasteiger charge is 2.23. The van der Waals surface area contributed by atoms with Gasteiger partial charge in [0.1, 0.15) is 5.76 Å². The van der Waals surface area contributed by atoms with Gasteiger partial charge in [-0.2, -0.15) is 0 Å². The van der Waals surface area contributed by atoms with Gasteiger partial charge in [-0.25, -0.2) is 4.98 Å². The van der Waals surface area contributed by atoms with Crippen molar-refractivity contribution in [2.75, 3.05) is 6.54 Å². The minimum atomic E-state index is -0.122. The van der Waals surface area contributed by atoms with Gasteiger partial charge in [0.2, 0.25) is 5.89 Å². The number of aryl methyl sites for hydroxylation is 1. The molecule has 0 saturated carbocycles. The van der Waals surface area contributed by atoms with Gasteiger partial charge in [-0.3, -0.25) is 4.90 Å². The van der Waals surface area contributed by atoms with Crippen molar-refractivity contribution >= 4 is 0 Å². The van der Waals surface area contributed by atoms with Gasteiger partial charge in [0.25, 0.3) is 0 Å². The Kier molecular flexibility index (Phi) is 3.30. The Morgan fingerprint density at radius 1 is 1.62 bits per heavy atom. The number of nitrogens with two attached hydrogens (primary N) is 1. The van der Waals surface area contributed by atoms with Crippen LogP contribution < -0.4 is 5.73 Å². The van der Waals surface area contributed by atoms with Gasteiger partial charge >= 0.3 is 0 Å². The summed E-state index contributed by atoms with van der Waals surface area (Å²) in [4.78, 5) is 6.93. The van der Waals surface area contributed by atoms with Gasteiger partial charge in [0, 0.05) is 12.6 Å². The Morgan fingerprint density at radius 2 is 2.38 bits per heavy atom. The molecule has 0 spiro atoms. The number of hydrogen-bond donors (Lipinski definition) is 1. The van der Waals surface area contributed by atoms with E-state index >= 15 is 0 Å². The van der Waals surface area contributed by atoms with Gasteiger partial charge in [-0.15, -0.1) is 0 Å². The maximum atomic E-state index is 5.76. The standard InChI is InChI=1S/C12H21N3O/c1-8-5-4-6-15(8)7-11-10(3)16-12(14-11)9(2)13/h8-9H,4-7,13H2,1-3H3. The Bertz CT molecular complexity index is 359. The first-order valence-electron chi connectivity index (χ1n) is 6.03. The van der Waals surface area contributed by atoms with Crippen molar-refractivity contribution in [2.45, 2.75) is 52.2 Å². The van der Waals surface area contributed by atoms with E-state index in [9.17, 15) is 0 Å². The molecular weight excluding hydrogens is 202 g/mol. The second kappa shape index (κ2) is 4.55. The van der Waals surface area contributed by atoms with Gasteiger partial charge in [0.15, 0.2) is 0 Å². The van der Waals surface area contributed by atoms with Crippen molar-refractivity contribution in [1.29, 1.82) is 0 Å². The molecule has 1 saturated heterocycles. The number of hydrogen-bond acceptors (Lipinski definition) is 4. The maximum absolute atomic E-state index is 5.76. The first kappa shape index (κ1) is 11.6. The van der Waals surface area contributed by atoms with E-state index in [1.165, 1.54) is 19.4 Å². The molecule has 1 fully saturated rings. The lowest BCUT2D eigenvalue weighted by Gasteiger charge is -2.19. The molecule has 90 valence electrons. The van der Waals surface area contributed by atoms with Crippen LogP contribution in [-0.4, -0.2) is 22.5 Å². The fourth-order valence-corrected chi connectivity index (χ4v) is 2.21. The van der Waals surface area contributed by atoms with E-state index in [-0.39, 0.29) is 6.04 Å². The lowest BCUT2D eigenvalue weighted by atomic mass is 10.2. The van der Waals surface area contributed by atoms with Gasteiger partial charge in [-0.1, -0.05) is 0 Å². The van der Waals surface area contributed by atoms with Crippen LogP contribution >= 0.6 is 0 Å². The Labute approximate surface area is 96.8 Å². The Hall–Kier alpha value is -0.870. The third-order valence-corrected chi connectivity index (χ3v) is 3.34. The summed E-state index contributed by atoms with van der Waals surface area (Å²) in [5, 5.41) is 0. The summed E-state index contributed by atoms with van der Waals surface area (Å²) >= 11 is 0. The number of nitrogens with zero attached hydrogens (tertiary/aromatic N) is 2. The first-order valence-corrected chi connectivity index (χ1v) is 6.03. The highest BCUT2D eigenvalue weighted by atomic mass is 16.4. The minimum Gasteiger partial charge on any atom is -0.444 e. The molecule has 1 aromatic rings. The molecule has 0 aromatic carbocycles. The minimum absolute atomic E-state index is 0.122. The van der Waals surface area contributed by atoms with E-state index in [4.69, 9.17) is 10.2 Å². The molecule has 4 nitrogen and oxygen atoms in total. The quantitative estimate of drug-likeness (QED) is 0.851. The molecule has 1 aromatic heterocycles. The van der Waals surface area contributed by atoms with Crippen LogP contribution in [-0.2, 0) is 6.54 Å². The molecule has 0 bridgehead atoms. The molecule has 2 atom stereocenters. The molecule has 2 N–H and O–H groups in total. The van der Waals surface area contributed by atoms with E-state index in [0.717, 1.165) is 18.0 Å². The summed E-state index contributed by atoms with van der Waals surface area (Å²) in [6, 6.07) is 0.540. The van der Waals surface area contributed by atoms with Gasteiger partial charge in [0.05, 0.1) is 11.7 Å². The first-order chi connectivity index (χ1) is 7.58. The van der Waals surface area contributed by atoms with Gasteiger partial charge in [-0.05, 0) is 40.2 Å². The molecule has 0 radical (unpaired) electrons. The van der Waals surface area contributed by atoms with Crippen molar-refractivity contribution in [3.05, 3.63) is 17.3 Å². The number of oxazole rings is 1. The third-order valence-electron chi connectivity index (χ3n) is 3.34. The second-order valence-electron chi connectivity index (χ2n) is 4.81. The lowest BCUT2D eigenvalue weighted by Crippen LogP contribution is -2.26. The summed E-state index contributed by atoms with van der Waals surface area (Å²) < 4.78 is 5.56. The fourth-order valence-electron chi connectivity index (χ4n) is 2.21. The van der Waals surface area contributed by atoms with Gasteiger partial charge < -0.3 is 10.2 Å². The van der Waals surface area contributed by atoms with E-state index in [1.54, 1.807) is 0 Å². The summed E-state index contributed by atoms with van der Waals surface area (Å²) in [5.74, 6) is 1.56. The molecule has 16 heavy (non-hydrogen) atoms. The SMILES string of the molecule is Cc1oc(C(C)N)nc1CN1CCCC1C. The van der Waals surface area contributed by atoms with E-state index < -0.39 is 0 Å². The lowest BCUT2D eigenvalue weighted by molar-refractivity contribution is 0.256.